The quantitative estimate of drug-likeness (QED) is 0.829. The van der Waals surface area contributed by atoms with Crippen LogP contribution in [0.3, 0.4) is 0 Å². The lowest BCUT2D eigenvalue weighted by atomic mass is 10.2. The first-order chi connectivity index (χ1) is 6.83. The highest BCUT2D eigenvalue weighted by molar-refractivity contribution is 7.10. The Morgan fingerprint density at radius 1 is 1.71 bits per heavy atom. The van der Waals surface area contributed by atoms with Gasteiger partial charge in [0.1, 0.15) is 0 Å². The molecule has 2 heterocycles. The maximum absolute atomic E-state index is 5.78. The standard InChI is InChI=1S/C11H18N2S/c1-9(11-5-3-7-14-11)13-6-2-4-10(13)8-12/h3,5,7,9-10H,2,4,6,8,12H2,1H3/t9-,10+/m1/s1. The van der Waals surface area contributed by atoms with E-state index in [4.69, 9.17) is 5.73 Å². The summed E-state index contributed by atoms with van der Waals surface area (Å²) in [4.78, 5) is 4.01. The van der Waals surface area contributed by atoms with E-state index in [2.05, 4.69) is 29.3 Å². The van der Waals surface area contributed by atoms with E-state index in [0.29, 0.717) is 12.1 Å². The molecule has 2 nitrogen and oxygen atoms in total. The van der Waals surface area contributed by atoms with Crippen molar-refractivity contribution in [2.24, 2.45) is 5.73 Å². The summed E-state index contributed by atoms with van der Waals surface area (Å²) in [6.07, 6.45) is 2.57. The SMILES string of the molecule is C[C@H](c1cccs1)N1CCC[C@H]1CN. The molecule has 0 spiro atoms. The number of rotatable bonds is 3. The molecule has 0 saturated carbocycles. The zero-order valence-corrected chi connectivity index (χ0v) is 9.46. The van der Waals surface area contributed by atoms with Gasteiger partial charge in [0, 0.05) is 23.5 Å². The summed E-state index contributed by atoms with van der Waals surface area (Å²) in [5, 5.41) is 2.15. The third-order valence-electron chi connectivity index (χ3n) is 3.15. The van der Waals surface area contributed by atoms with Crippen molar-refractivity contribution in [3.05, 3.63) is 22.4 Å². The normalized spacial score (nSPS) is 25.4. The van der Waals surface area contributed by atoms with Gasteiger partial charge in [-0.1, -0.05) is 6.07 Å². The Bertz CT molecular complexity index is 271. The van der Waals surface area contributed by atoms with Crippen LogP contribution >= 0.6 is 11.3 Å². The minimum atomic E-state index is 0.547. The van der Waals surface area contributed by atoms with Crippen molar-refractivity contribution in [2.45, 2.75) is 31.8 Å². The average Bonchev–Trinajstić information content (AvgIpc) is 2.87. The Kier molecular flexibility index (Phi) is 3.21. The van der Waals surface area contributed by atoms with Crippen molar-refractivity contribution in [3.8, 4) is 0 Å². The van der Waals surface area contributed by atoms with E-state index >= 15 is 0 Å². The zero-order valence-electron chi connectivity index (χ0n) is 8.65. The monoisotopic (exact) mass is 210 g/mol. The average molecular weight is 210 g/mol. The molecule has 1 aromatic rings. The highest BCUT2D eigenvalue weighted by Crippen LogP contribution is 2.30. The van der Waals surface area contributed by atoms with Crippen LogP contribution in [0.15, 0.2) is 17.5 Å². The lowest BCUT2D eigenvalue weighted by Crippen LogP contribution is -2.36. The number of thiophene rings is 1. The summed E-state index contributed by atoms with van der Waals surface area (Å²) in [5.41, 5.74) is 5.78. The van der Waals surface area contributed by atoms with Crippen molar-refractivity contribution in [1.82, 2.24) is 4.90 Å². The minimum Gasteiger partial charge on any atom is -0.329 e. The Labute approximate surface area is 89.7 Å². The van der Waals surface area contributed by atoms with Crippen LogP contribution in [0.5, 0.6) is 0 Å². The van der Waals surface area contributed by atoms with Crippen LogP contribution in [-0.4, -0.2) is 24.0 Å². The molecule has 14 heavy (non-hydrogen) atoms. The number of likely N-dealkylation sites (tertiary alicyclic amines) is 1. The summed E-state index contributed by atoms with van der Waals surface area (Å²) in [7, 11) is 0. The fraction of sp³-hybridized carbons (Fsp3) is 0.636. The molecule has 0 bridgehead atoms. The Balaban J connectivity index is 2.07. The van der Waals surface area contributed by atoms with Crippen LogP contribution < -0.4 is 5.73 Å². The van der Waals surface area contributed by atoms with Crippen LogP contribution in [0.4, 0.5) is 0 Å². The van der Waals surface area contributed by atoms with Crippen LogP contribution in [-0.2, 0) is 0 Å². The number of hydrogen-bond acceptors (Lipinski definition) is 3. The molecule has 1 fully saturated rings. The van der Waals surface area contributed by atoms with E-state index < -0.39 is 0 Å². The van der Waals surface area contributed by atoms with E-state index in [-0.39, 0.29) is 0 Å². The zero-order chi connectivity index (χ0) is 9.97. The van der Waals surface area contributed by atoms with Gasteiger partial charge in [-0.05, 0) is 37.8 Å². The van der Waals surface area contributed by atoms with Gasteiger partial charge in [-0.3, -0.25) is 4.90 Å². The lowest BCUT2D eigenvalue weighted by molar-refractivity contribution is 0.199. The van der Waals surface area contributed by atoms with Crippen LogP contribution in [0.25, 0.3) is 0 Å². The van der Waals surface area contributed by atoms with Crippen molar-refractivity contribution in [2.75, 3.05) is 13.1 Å². The largest absolute Gasteiger partial charge is 0.329 e. The first-order valence-electron chi connectivity index (χ1n) is 5.32. The molecule has 2 rings (SSSR count). The first kappa shape index (κ1) is 10.1. The predicted molar refractivity (Wildman–Crippen MR) is 61.5 cm³/mol. The predicted octanol–water partition coefficient (Wildman–Crippen LogP) is 2.23. The summed E-state index contributed by atoms with van der Waals surface area (Å²) in [6.45, 7) is 4.30. The highest BCUT2D eigenvalue weighted by atomic mass is 32.1. The van der Waals surface area contributed by atoms with Crippen LogP contribution in [0.1, 0.15) is 30.7 Å². The second-order valence-electron chi connectivity index (χ2n) is 3.96. The molecule has 0 aliphatic carbocycles. The molecule has 0 unspecified atom stereocenters. The third-order valence-corrected chi connectivity index (χ3v) is 4.19. The Morgan fingerprint density at radius 2 is 2.57 bits per heavy atom. The molecular formula is C11H18N2S. The summed E-state index contributed by atoms with van der Waals surface area (Å²) < 4.78 is 0. The van der Waals surface area contributed by atoms with Gasteiger partial charge < -0.3 is 5.73 Å². The molecule has 0 amide bonds. The number of hydrogen-bond donors (Lipinski definition) is 1. The van der Waals surface area contributed by atoms with E-state index in [9.17, 15) is 0 Å². The van der Waals surface area contributed by atoms with Gasteiger partial charge in [-0.15, -0.1) is 11.3 Å². The molecule has 2 atom stereocenters. The second kappa shape index (κ2) is 4.43. The van der Waals surface area contributed by atoms with Gasteiger partial charge in [0.15, 0.2) is 0 Å². The maximum Gasteiger partial charge on any atom is 0.0416 e. The second-order valence-corrected chi connectivity index (χ2v) is 4.94. The molecule has 78 valence electrons. The smallest absolute Gasteiger partial charge is 0.0416 e. The number of nitrogens with two attached hydrogens (primary N) is 1. The van der Waals surface area contributed by atoms with Crippen molar-refractivity contribution in [1.29, 1.82) is 0 Å². The van der Waals surface area contributed by atoms with Crippen molar-refractivity contribution < 1.29 is 0 Å². The Hall–Kier alpha value is -0.380. The van der Waals surface area contributed by atoms with Crippen molar-refractivity contribution >= 4 is 11.3 Å². The molecule has 1 saturated heterocycles. The number of nitrogens with zero attached hydrogens (tertiary/aromatic N) is 1. The summed E-state index contributed by atoms with van der Waals surface area (Å²) >= 11 is 1.85. The molecule has 0 aromatic carbocycles. The van der Waals surface area contributed by atoms with Gasteiger partial charge in [0.05, 0.1) is 0 Å². The minimum absolute atomic E-state index is 0.547. The highest BCUT2D eigenvalue weighted by Gasteiger charge is 2.28. The van der Waals surface area contributed by atoms with Gasteiger partial charge in [-0.2, -0.15) is 0 Å². The van der Waals surface area contributed by atoms with E-state index in [1.54, 1.807) is 0 Å². The molecule has 1 aromatic heterocycles. The van der Waals surface area contributed by atoms with Gasteiger partial charge in [0.25, 0.3) is 0 Å². The first-order valence-corrected chi connectivity index (χ1v) is 6.20. The Morgan fingerprint density at radius 3 is 3.21 bits per heavy atom. The summed E-state index contributed by atoms with van der Waals surface area (Å²) in [5.74, 6) is 0. The van der Waals surface area contributed by atoms with Crippen LogP contribution in [0.2, 0.25) is 0 Å². The molecule has 3 heteroatoms. The van der Waals surface area contributed by atoms with E-state index in [1.165, 1.54) is 24.3 Å². The molecular weight excluding hydrogens is 192 g/mol. The van der Waals surface area contributed by atoms with Gasteiger partial charge in [-0.25, -0.2) is 0 Å². The van der Waals surface area contributed by atoms with E-state index in [1.807, 2.05) is 11.3 Å². The van der Waals surface area contributed by atoms with Gasteiger partial charge in [0.2, 0.25) is 0 Å². The molecule has 1 aliphatic heterocycles. The van der Waals surface area contributed by atoms with Gasteiger partial charge >= 0.3 is 0 Å². The molecule has 1 aliphatic rings. The molecule has 2 N–H and O–H groups in total. The summed E-state index contributed by atoms with van der Waals surface area (Å²) in [6, 6.07) is 5.50. The fourth-order valence-corrected chi connectivity index (χ4v) is 3.12. The van der Waals surface area contributed by atoms with Crippen molar-refractivity contribution in [3.63, 3.8) is 0 Å². The maximum atomic E-state index is 5.78. The van der Waals surface area contributed by atoms with Crippen LogP contribution in [0, 0.1) is 0 Å². The topological polar surface area (TPSA) is 29.3 Å². The third kappa shape index (κ3) is 1.85. The fourth-order valence-electron chi connectivity index (χ4n) is 2.31. The van der Waals surface area contributed by atoms with E-state index in [0.717, 1.165) is 6.54 Å². The lowest BCUT2D eigenvalue weighted by Gasteiger charge is -2.29. The molecule has 0 radical (unpaired) electrons.